The first-order valence-electron chi connectivity index (χ1n) is 15.9. The molecule has 0 atom stereocenters. The molecule has 3 aliphatic heterocycles. The largest absolute Gasteiger partial charge is 0.466 e. The Hall–Kier alpha value is -3.61. The zero-order chi connectivity index (χ0) is 31.0. The van der Waals surface area contributed by atoms with Crippen LogP contribution in [0.4, 0.5) is 10.2 Å². The summed E-state index contributed by atoms with van der Waals surface area (Å²) in [5.41, 5.74) is 2.20. The number of nitrogens with one attached hydrogen (secondary N) is 2. The molecule has 4 aromatic rings. The summed E-state index contributed by atoms with van der Waals surface area (Å²) in [7, 11) is 0. The Morgan fingerprint density at radius 3 is 2.76 bits per heavy atom. The monoisotopic (exact) mass is 636 g/mol. The predicted molar refractivity (Wildman–Crippen MR) is 170 cm³/mol. The lowest BCUT2D eigenvalue weighted by molar-refractivity contribution is -0.141. The molecule has 0 unspecified atom stereocenters. The molecule has 0 radical (unpaired) electrons. The Balaban J connectivity index is 1.33. The van der Waals surface area contributed by atoms with Crippen molar-refractivity contribution in [3.05, 3.63) is 34.9 Å². The molecule has 11 nitrogen and oxygen atoms in total. The third-order valence-corrected chi connectivity index (χ3v) is 9.81. The molecule has 0 amide bonds. The van der Waals surface area contributed by atoms with Crippen molar-refractivity contribution in [1.29, 1.82) is 0 Å². The normalized spacial score (nSPS) is 18.4. The standard InChI is InChI=1S/C32H38ClFN8O3/c1-20(43)44-15-2-6-21-24(33)16-25-22(18-37-40-25)26(21)29-27(34)28-23(17-36-29)30(41-11-5-9-35-10-14-41)39-31(38-28)45-19-32-7-3-12-42(32)13-4-8-32/h16-18,35H,2-15,19H2,1H3,(H,37,40). The Morgan fingerprint density at radius 1 is 1.09 bits per heavy atom. The quantitative estimate of drug-likeness (QED) is 0.198. The second-order valence-corrected chi connectivity index (χ2v) is 12.7. The number of hydrogen-bond acceptors (Lipinski definition) is 10. The zero-order valence-corrected chi connectivity index (χ0v) is 26.3. The molecule has 0 spiro atoms. The molecule has 0 saturated carbocycles. The minimum Gasteiger partial charge on any atom is -0.466 e. The summed E-state index contributed by atoms with van der Waals surface area (Å²) in [4.78, 5) is 30.3. The Bertz CT molecular complexity index is 1710. The van der Waals surface area contributed by atoms with Crippen LogP contribution in [-0.2, 0) is 16.0 Å². The maximum atomic E-state index is 17.0. The van der Waals surface area contributed by atoms with Gasteiger partial charge in [-0.15, -0.1) is 0 Å². The molecular formula is C32H38ClFN8O3. The van der Waals surface area contributed by atoms with Gasteiger partial charge in [0.15, 0.2) is 5.82 Å². The molecule has 3 fully saturated rings. The van der Waals surface area contributed by atoms with Crippen molar-refractivity contribution < 1.29 is 18.7 Å². The minimum atomic E-state index is -0.568. The molecule has 3 saturated heterocycles. The second-order valence-electron chi connectivity index (χ2n) is 12.3. The van der Waals surface area contributed by atoms with Crippen LogP contribution in [0.15, 0.2) is 18.5 Å². The maximum Gasteiger partial charge on any atom is 0.319 e. The molecular weight excluding hydrogens is 599 g/mol. The van der Waals surface area contributed by atoms with E-state index in [2.05, 4.69) is 25.3 Å². The molecule has 3 aromatic heterocycles. The summed E-state index contributed by atoms with van der Waals surface area (Å²) < 4.78 is 28.5. The van der Waals surface area contributed by atoms with Crippen molar-refractivity contribution in [2.45, 2.75) is 57.4 Å². The van der Waals surface area contributed by atoms with Crippen LogP contribution in [0.1, 0.15) is 51.0 Å². The van der Waals surface area contributed by atoms with E-state index in [-0.39, 0.29) is 35.3 Å². The lowest BCUT2D eigenvalue weighted by atomic mass is 9.95. The van der Waals surface area contributed by atoms with E-state index >= 15 is 4.39 Å². The van der Waals surface area contributed by atoms with Crippen molar-refractivity contribution in [2.75, 3.05) is 57.4 Å². The topological polar surface area (TPSA) is 121 Å². The Morgan fingerprint density at radius 2 is 1.93 bits per heavy atom. The Labute approximate surface area is 265 Å². The fourth-order valence-corrected chi connectivity index (χ4v) is 7.60. The molecule has 13 heteroatoms. The third-order valence-electron chi connectivity index (χ3n) is 9.48. The maximum absolute atomic E-state index is 17.0. The van der Waals surface area contributed by atoms with Gasteiger partial charge in [0.1, 0.15) is 23.6 Å². The van der Waals surface area contributed by atoms with E-state index in [1.807, 2.05) is 0 Å². The lowest BCUT2D eigenvalue weighted by Gasteiger charge is -2.31. The van der Waals surface area contributed by atoms with E-state index < -0.39 is 5.82 Å². The summed E-state index contributed by atoms with van der Waals surface area (Å²) >= 11 is 6.77. The van der Waals surface area contributed by atoms with E-state index in [0.29, 0.717) is 57.7 Å². The third kappa shape index (κ3) is 5.79. The van der Waals surface area contributed by atoms with Gasteiger partial charge in [0.25, 0.3) is 0 Å². The van der Waals surface area contributed by atoms with E-state index in [9.17, 15) is 4.79 Å². The number of carbonyl (C=O) groups is 1. The molecule has 3 aliphatic rings. The summed E-state index contributed by atoms with van der Waals surface area (Å²) in [5.74, 6) is -0.290. The highest BCUT2D eigenvalue weighted by molar-refractivity contribution is 6.33. The molecule has 238 valence electrons. The fourth-order valence-electron chi connectivity index (χ4n) is 7.30. The number of H-pyrrole nitrogens is 1. The van der Waals surface area contributed by atoms with Crippen LogP contribution in [-0.4, -0.2) is 94.0 Å². The number of anilines is 1. The van der Waals surface area contributed by atoms with Crippen molar-refractivity contribution in [2.24, 2.45) is 0 Å². The number of hydrogen-bond donors (Lipinski definition) is 2. The highest BCUT2D eigenvalue weighted by Crippen LogP contribution is 2.41. The van der Waals surface area contributed by atoms with Gasteiger partial charge in [-0.2, -0.15) is 15.1 Å². The van der Waals surface area contributed by atoms with Gasteiger partial charge >= 0.3 is 12.0 Å². The van der Waals surface area contributed by atoms with Crippen LogP contribution in [0.5, 0.6) is 6.01 Å². The number of benzene rings is 1. The van der Waals surface area contributed by atoms with Crippen LogP contribution < -0.4 is 15.0 Å². The van der Waals surface area contributed by atoms with Crippen molar-refractivity contribution in [3.8, 4) is 17.3 Å². The number of esters is 1. The first-order valence-corrected chi connectivity index (χ1v) is 16.3. The highest BCUT2D eigenvalue weighted by atomic mass is 35.5. The summed E-state index contributed by atoms with van der Waals surface area (Å²) in [6.45, 7) is 7.46. The zero-order valence-electron chi connectivity index (χ0n) is 25.5. The number of pyridine rings is 1. The number of rotatable bonds is 9. The average Bonchev–Trinajstić information content (AvgIpc) is 3.69. The SMILES string of the molecule is CC(=O)OCCCc1c(Cl)cc2[nH]ncc2c1-c1ncc2c(N3CCCNCC3)nc(OCC34CCCN3CCC4)nc2c1F. The van der Waals surface area contributed by atoms with E-state index in [1.165, 1.54) is 6.92 Å². The van der Waals surface area contributed by atoms with Crippen LogP contribution in [0, 0.1) is 5.82 Å². The van der Waals surface area contributed by atoms with Gasteiger partial charge < -0.3 is 19.7 Å². The first-order chi connectivity index (χ1) is 21.9. The highest BCUT2D eigenvalue weighted by Gasteiger charge is 2.45. The number of nitrogens with zero attached hydrogens (tertiary/aromatic N) is 6. The number of carbonyl (C=O) groups excluding carboxylic acids is 1. The van der Waals surface area contributed by atoms with Gasteiger partial charge in [-0.05, 0) is 76.2 Å². The number of halogens is 2. The lowest BCUT2D eigenvalue weighted by Crippen LogP contribution is -2.43. The van der Waals surface area contributed by atoms with E-state index in [0.717, 1.165) is 71.4 Å². The van der Waals surface area contributed by atoms with Gasteiger partial charge in [0.05, 0.1) is 29.2 Å². The van der Waals surface area contributed by atoms with Crippen molar-refractivity contribution in [3.63, 3.8) is 0 Å². The molecule has 2 N–H and O–H groups in total. The number of aromatic amines is 1. The summed E-state index contributed by atoms with van der Waals surface area (Å²) in [6, 6.07) is 1.96. The van der Waals surface area contributed by atoms with Crippen molar-refractivity contribution in [1.82, 2.24) is 35.4 Å². The van der Waals surface area contributed by atoms with Gasteiger partial charge in [-0.1, -0.05) is 11.6 Å². The molecule has 1 aromatic carbocycles. The summed E-state index contributed by atoms with van der Waals surface area (Å²) in [5, 5.41) is 12.3. The van der Waals surface area contributed by atoms with E-state index in [1.54, 1.807) is 18.5 Å². The molecule has 6 heterocycles. The van der Waals surface area contributed by atoms with Crippen LogP contribution in [0.3, 0.4) is 0 Å². The van der Waals surface area contributed by atoms with Gasteiger partial charge in [-0.25, -0.2) is 4.39 Å². The van der Waals surface area contributed by atoms with Crippen LogP contribution in [0.25, 0.3) is 33.1 Å². The van der Waals surface area contributed by atoms with Crippen molar-refractivity contribution >= 4 is 45.2 Å². The molecule has 45 heavy (non-hydrogen) atoms. The first kappa shape index (κ1) is 30.1. The number of aromatic nitrogens is 5. The second kappa shape index (κ2) is 12.6. The molecule has 0 bridgehead atoms. The average molecular weight is 637 g/mol. The predicted octanol–water partition coefficient (Wildman–Crippen LogP) is 4.66. The minimum absolute atomic E-state index is 0.00162. The smallest absolute Gasteiger partial charge is 0.319 e. The van der Waals surface area contributed by atoms with Gasteiger partial charge in [0, 0.05) is 48.7 Å². The number of fused-ring (bicyclic) bond motifs is 3. The summed E-state index contributed by atoms with van der Waals surface area (Å²) in [6.07, 6.45) is 9.70. The fraction of sp³-hybridized carbons (Fsp3) is 0.531. The van der Waals surface area contributed by atoms with Gasteiger partial charge in [-0.3, -0.25) is 19.8 Å². The number of ether oxygens (including phenoxy) is 2. The Kier molecular flexibility index (Phi) is 8.45. The molecule has 0 aliphatic carbocycles. The van der Waals surface area contributed by atoms with Crippen LogP contribution >= 0.6 is 11.6 Å². The van der Waals surface area contributed by atoms with Crippen LogP contribution in [0.2, 0.25) is 5.02 Å². The van der Waals surface area contributed by atoms with Gasteiger partial charge in [0.2, 0.25) is 0 Å². The van der Waals surface area contributed by atoms with E-state index in [4.69, 9.17) is 36.0 Å². The molecule has 7 rings (SSSR count).